The first-order chi connectivity index (χ1) is 9.59. The maximum atomic E-state index is 11.9. The zero-order valence-corrected chi connectivity index (χ0v) is 11.1. The summed E-state index contributed by atoms with van der Waals surface area (Å²) >= 11 is 0. The number of nitrogens with one attached hydrogen (secondary N) is 2. The van der Waals surface area contributed by atoms with E-state index >= 15 is 0 Å². The van der Waals surface area contributed by atoms with E-state index in [0.29, 0.717) is 13.0 Å². The van der Waals surface area contributed by atoms with Crippen LogP contribution in [0.4, 0.5) is 0 Å². The van der Waals surface area contributed by atoms with E-state index in [-0.39, 0.29) is 5.56 Å². The van der Waals surface area contributed by atoms with Gasteiger partial charge in [-0.1, -0.05) is 30.3 Å². The number of H-pyrrole nitrogens is 1. The number of rotatable bonds is 4. The summed E-state index contributed by atoms with van der Waals surface area (Å²) < 4.78 is 0.867. The van der Waals surface area contributed by atoms with Crippen molar-refractivity contribution in [2.75, 3.05) is 6.54 Å². The molecular weight excluding hydrogens is 258 g/mol. The number of aromatic nitrogens is 2. The molecule has 20 heavy (non-hydrogen) atoms. The third-order valence-electron chi connectivity index (χ3n) is 2.97. The molecule has 2 N–H and O–H groups in total. The van der Waals surface area contributed by atoms with Crippen LogP contribution in [0.5, 0.6) is 0 Å². The largest absolute Gasteiger partial charge is 0.351 e. The highest BCUT2D eigenvalue weighted by atomic mass is 16.2. The smallest absolute Gasteiger partial charge is 0.328 e. The van der Waals surface area contributed by atoms with Gasteiger partial charge in [0.2, 0.25) is 0 Å². The molecule has 0 aliphatic carbocycles. The van der Waals surface area contributed by atoms with Gasteiger partial charge in [0.25, 0.3) is 11.5 Å². The summed E-state index contributed by atoms with van der Waals surface area (Å²) in [6.07, 6.45) is 1.82. The predicted octanol–water partition coefficient (Wildman–Crippen LogP) is 0.0461. The van der Waals surface area contributed by atoms with Crippen molar-refractivity contribution in [3.05, 3.63) is 68.5 Å². The summed E-state index contributed by atoms with van der Waals surface area (Å²) in [7, 11) is 1.32. The molecule has 0 atom stereocenters. The predicted molar refractivity (Wildman–Crippen MR) is 74.8 cm³/mol. The van der Waals surface area contributed by atoms with E-state index in [2.05, 4.69) is 10.3 Å². The Morgan fingerprint density at radius 3 is 2.65 bits per heavy atom. The minimum Gasteiger partial charge on any atom is -0.351 e. The minimum absolute atomic E-state index is 0.0693. The van der Waals surface area contributed by atoms with Gasteiger partial charge in [0.15, 0.2) is 0 Å². The Balaban J connectivity index is 2.01. The Morgan fingerprint density at radius 2 is 1.95 bits per heavy atom. The third-order valence-corrected chi connectivity index (χ3v) is 2.97. The van der Waals surface area contributed by atoms with Gasteiger partial charge < -0.3 is 10.3 Å². The lowest BCUT2D eigenvalue weighted by Gasteiger charge is -2.05. The van der Waals surface area contributed by atoms with Crippen LogP contribution in [0.15, 0.2) is 46.1 Å². The molecule has 1 aromatic carbocycles. The molecule has 6 nitrogen and oxygen atoms in total. The number of nitrogens with zero attached hydrogens (tertiary/aromatic N) is 1. The molecule has 1 aromatic heterocycles. The molecule has 0 radical (unpaired) electrons. The van der Waals surface area contributed by atoms with Crippen molar-refractivity contribution in [2.24, 2.45) is 7.05 Å². The van der Waals surface area contributed by atoms with Crippen LogP contribution < -0.4 is 16.6 Å². The van der Waals surface area contributed by atoms with Gasteiger partial charge in [-0.2, -0.15) is 0 Å². The number of aromatic amines is 1. The summed E-state index contributed by atoms with van der Waals surface area (Å²) in [6, 6.07) is 9.70. The third kappa shape index (κ3) is 3.03. The average molecular weight is 273 g/mol. The summed E-state index contributed by atoms with van der Waals surface area (Å²) in [6.45, 7) is 0.422. The normalized spacial score (nSPS) is 10.2. The first-order valence-corrected chi connectivity index (χ1v) is 6.20. The molecule has 1 amide bonds. The molecule has 0 saturated carbocycles. The highest BCUT2D eigenvalue weighted by Gasteiger charge is 2.12. The molecule has 0 unspecified atom stereocenters. The Labute approximate surface area is 115 Å². The van der Waals surface area contributed by atoms with Crippen molar-refractivity contribution < 1.29 is 4.79 Å². The van der Waals surface area contributed by atoms with Crippen LogP contribution in [-0.2, 0) is 13.5 Å². The Morgan fingerprint density at radius 1 is 1.25 bits per heavy atom. The fourth-order valence-electron chi connectivity index (χ4n) is 1.79. The summed E-state index contributed by atoms with van der Waals surface area (Å²) in [4.78, 5) is 37.2. The van der Waals surface area contributed by atoms with Crippen LogP contribution in [0.1, 0.15) is 15.9 Å². The van der Waals surface area contributed by atoms with Crippen molar-refractivity contribution in [3.63, 3.8) is 0 Å². The molecule has 104 valence electrons. The molecule has 0 aliphatic rings. The van der Waals surface area contributed by atoms with Gasteiger partial charge in [0, 0.05) is 19.8 Å². The Kier molecular flexibility index (Phi) is 4.14. The van der Waals surface area contributed by atoms with Crippen molar-refractivity contribution in [1.29, 1.82) is 0 Å². The fraction of sp³-hybridized carbons (Fsp3) is 0.214. The first-order valence-electron chi connectivity index (χ1n) is 6.20. The Bertz CT molecular complexity index is 716. The zero-order valence-electron chi connectivity index (χ0n) is 11.1. The summed E-state index contributed by atoms with van der Waals surface area (Å²) in [5.74, 6) is -0.488. The summed E-state index contributed by atoms with van der Waals surface area (Å²) in [5.41, 5.74) is -0.121. The highest BCUT2D eigenvalue weighted by molar-refractivity contribution is 5.93. The van der Waals surface area contributed by atoms with Crippen LogP contribution in [0.25, 0.3) is 0 Å². The van der Waals surface area contributed by atoms with Gasteiger partial charge in [-0.15, -0.1) is 0 Å². The molecular formula is C14H15N3O3. The van der Waals surface area contributed by atoms with Gasteiger partial charge in [-0.3, -0.25) is 14.2 Å². The molecule has 0 fully saturated rings. The van der Waals surface area contributed by atoms with Crippen molar-refractivity contribution in [2.45, 2.75) is 6.42 Å². The summed E-state index contributed by atoms with van der Waals surface area (Å²) in [5, 5.41) is 2.66. The van der Waals surface area contributed by atoms with Gasteiger partial charge >= 0.3 is 5.69 Å². The molecule has 2 aromatic rings. The fourth-order valence-corrected chi connectivity index (χ4v) is 1.79. The molecule has 0 aliphatic heterocycles. The minimum atomic E-state index is -0.606. The lowest BCUT2D eigenvalue weighted by Crippen LogP contribution is -2.39. The number of carbonyl (C=O) groups is 1. The van der Waals surface area contributed by atoms with Crippen molar-refractivity contribution in [3.8, 4) is 0 Å². The van der Waals surface area contributed by atoms with Crippen LogP contribution in [0.2, 0.25) is 0 Å². The second-order valence-corrected chi connectivity index (χ2v) is 4.36. The van der Waals surface area contributed by atoms with Crippen molar-refractivity contribution in [1.82, 2.24) is 14.9 Å². The zero-order chi connectivity index (χ0) is 14.5. The lowest BCUT2D eigenvalue weighted by atomic mass is 10.1. The van der Waals surface area contributed by atoms with E-state index in [9.17, 15) is 14.4 Å². The molecule has 1 heterocycles. The first kappa shape index (κ1) is 13.8. The number of hydrogen-bond donors (Lipinski definition) is 2. The van der Waals surface area contributed by atoms with Crippen LogP contribution in [0, 0.1) is 0 Å². The maximum absolute atomic E-state index is 11.9. The van der Waals surface area contributed by atoms with E-state index in [4.69, 9.17) is 0 Å². The number of carbonyl (C=O) groups excluding carboxylic acids is 1. The van der Waals surface area contributed by atoms with Crippen molar-refractivity contribution >= 4 is 5.91 Å². The lowest BCUT2D eigenvalue weighted by molar-refractivity contribution is 0.0951. The monoisotopic (exact) mass is 273 g/mol. The van der Waals surface area contributed by atoms with Gasteiger partial charge in [0.1, 0.15) is 5.56 Å². The van der Waals surface area contributed by atoms with Gasteiger partial charge in [0.05, 0.1) is 0 Å². The van der Waals surface area contributed by atoms with Crippen LogP contribution in [0.3, 0.4) is 0 Å². The average Bonchev–Trinajstić information content (AvgIpc) is 2.46. The van der Waals surface area contributed by atoms with Crippen LogP contribution in [-0.4, -0.2) is 22.0 Å². The number of benzene rings is 1. The standard InChI is InChI=1S/C14H15N3O3/c1-17-13(19)11(9-16-14(17)20)12(18)15-8-7-10-5-3-2-4-6-10/h2-6,9H,7-8H2,1H3,(H,15,18)(H,16,20). The molecule has 0 saturated heterocycles. The van der Waals surface area contributed by atoms with Gasteiger partial charge in [-0.05, 0) is 12.0 Å². The molecule has 6 heteroatoms. The van der Waals surface area contributed by atoms with E-state index in [0.717, 1.165) is 16.3 Å². The molecule has 0 bridgehead atoms. The number of hydrogen-bond acceptors (Lipinski definition) is 3. The second kappa shape index (κ2) is 6.01. The topological polar surface area (TPSA) is 84.0 Å². The van der Waals surface area contributed by atoms with E-state index in [1.807, 2.05) is 30.3 Å². The molecule has 0 spiro atoms. The Hall–Kier alpha value is -2.63. The van der Waals surface area contributed by atoms with E-state index < -0.39 is 17.2 Å². The quantitative estimate of drug-likeness (QED) is 0.825. The maximum Gasteiger partial charge on any atom is 0.328 e. The van der Waals surface area contributed by atoms with E-state index in [1.54, 1.807) is 0 Å². The number of amides is 1. The molecule has 2 rings (SSSR count). The SMILES string of the molecule is Cn1c(=O)[nH]cc(C(=O)NCCc2ccccc2)c1=O. The second-order valence-electron chi connectivity index (χ2n) is 4.36. The van der Waals surface area contributed by atoms with E-state index in [1.165, 1.54) is 7.05 Å². The van der Waals surface area contributed by atoms with Crippen LogP contribution >= 0.6 is 0 Å². The highest BCUT2D eigenvalue weighted by Crippen LogP contribution is 1.98. The van der Waals surface area contributed by atoms with Gasteiger partial charge in [-0.25, -0.2) is 4.79 Å².